The maximum atomic E-state index is 9.36. The van der Waals surface area contributed by atoms with Crippen molar-refractivity contribution >= 4 is 22.4 Å². The number of morpholine rings is 1. The van der Waals surface area contributed by atoms with Gasteiger partial charge in [-0.3, -0.25) is 0 Å². The molecule has 1 saturated heterocycles. The molecule has 1 aliphatic heterocycles. The molecule has 1 N–H and O–H groups in total. The van der Waals surface area contributed by atoms with E-state index in [0.29, 0.717) is 18.8 Å². The second kappa shape index (κ2) is 8.25. The van der Waals surface area contributed by atoms with Crippen LogP contribution in [-0.2, 0) is 4.74 Å². The van der Waals surface area contributed by atoms with Crippen molar-refractivity contribution in [2.75, 3.05) is 36.5 Å². The molecule has 1 aromatic carbocycles. The fraction of sp³-hybridized carbons (Fsp3) is 0.391. The molecule has 0 aliphatic carbocycles. The van der Waals surface area contributed by atoms with E-state index in [1.165, 1.54) is 0 Å². The van der Waals surface area contributed by atoms with Gasteiger partial charge in [0.05, 0.1) is 36.6 Å². The Morgan fingerprint density at radius 1 is 1.13 bits per heavy atom. The molecule has 0 saturated carbocycles. The molecule has 1 fully saturated rings. The molecule has 0 spiro atoms. The summed E-state index contributed by atoms with van der Waals surface area (Å²) in [7, 11) is 0. The smallest absolute Gasteiger partial charge is 0.157 e. The lowest BCUT2D eigenvalue weighted by atomic mass is 9.98. The molecule has 7 nitrogen and oxygen atoms in total. The molecule has 154 valence electrons. The van der Waals surface area contributed by atoms with Crippen molar-refractivity contribution in [1.29, 1.82) is 5.26 Å². The van der Waals surface area contributed by atoms with Gasteiger partial charge in [-0.05, 0) is 51.0 Å². The average molecular weight is 403 g/mol. The van der Waals surface area contributed by atoms with Crippen molar-refractivity contribution in [3.63, 3.8) is 0 Å². The fourth-order valence-corrected chi connectivity index (χ4v) is 4.12. The number of pyridine rings is 1. The minimum Gasteiger partial charge on any atom is -0.378 e. The summed E-state index contributed by atoms with van der Waals surface area (Å²) in [6, 6.07) is 10.1. The predicted molar refractivity (Wildman–Crippen MR) is 118 cm³/mol. The summed E-state index contributed by atoms with van der Waals surface area (Å²) >= 11 is 0. The summed E-state index contributed by atoms with van der Waals surface area (Å²) in [6.07, 6.45) is 0. The number of benzene rings is 1. The third-order valence-electron chi connectivity index (χ3n) is 5.75. The van der Waals surface area contributed by atoms with Crippen molar-refractivity contribution in [2.24, 2.45) is 0 Å². The van der Waals surface area contributed by atoms with Crippen molar-refractivity contribution in [1.82, 2.24) is 15.2 Å². The predicted octanol–water partition coefficient (Wildman–Crippen LogP) is 3.83. The maximum Gasteiger partial charge on any atom is 0.157 e. The fourth-order valence-electron chi connectivity index (χ4n) is 4.12. The van der Waals surface area contributed by atoms with E-state index in [4.69, 9.17) is 9.72 Å². The lowest BCUT2D eigenvalue weighted by Crippen LogP contribution is -2.36. The summed E-state index contributed by atoms with van der Waals surface area (Å²) in [5, 5.41) is 23.8. The molecule has 0 amide bonds. The zero-order valence-corrected chi connectivity index (χ0v) is 17.9. The van der Waals surface area contributed by atoms with Crippen molar-refractivity contribution in [2.45, 2.75) is 33.7 Å². The third kappa shape index (κ3) is 3.66. The molecule has 3 heterocycles. The van der Waals surface area contributed by atoms with Gasteiger partial charge in [0, 0.05) is 29.6 Å². The van der Waals surface area contributed by atoms with Crippen LogP contribution in [0, 0.1) is 32.1 Å². The summed E-state index contributed by atoms with van der Waals surface area (Å²) < 4.78 is 5.49. The number of nitriles is 1. The number of aromatic nitrogens is 3. The first-order valence-corrected chi connectivity index (χ1v) is 10.2. The molecule has 4 rings (SSSR count). The van der Waals surface area contributed by atoms with Gasteiger partial charge in [-0.1, -0.05) is 12.1 Å². The molecule has 0 bridgehead atoms. The van der Waals surface area contributed by atoms with E-state index in [9.17, 15) is 5.26 Å². The van der Waals surface area contributed by atoms with Crippen LogP contribution in [0.2, 0.25) is 0 Å². The Bertz CT molecular complexity index is 1130. The van der Waals surface area contributed by atoms with E-state index in [0.717, 1.165) is 58.0 Å². The molecule has 1 aliphatic rings. The van der Waals surface area contributed by atoms with Crippen LogP contribution in [0.5, 0.6) is 0 Å². The minimum absolute atomic E-state index is 0.0289. The van der Waals surface area contributed by atoms with Gasteiger partial charge in [0.2, 0.25) is 0 Å². The molecule has 2 aromatic heterocycles. The second-order valence-electron chi connectivity index (χ2n) is 7.72. The standard InChI is InChI=1S/C23H26N6O/c1-14-18(13-24)6-5-7-19(14)15(2)26-23-20-12-21(29-8-10-30-11-9-29)25-16(3)22(20)17(4)27-28-23/h5-7,12,15H,8-11H2,1-4H3,(H,26,28)/t15-/m1/s1. The van der Waals surface area contributed by atoms with E-state index < -0.39 is 0 Å². The van der Waals surface area contributed by atoms with Crippen LogP contribution in [0.15, 0.2) is 24.3 Å². The minimum atomic E-state index is -0.0289. The Labute approximate surface area is 176 Å². The molecular weight excluding hydrogens is 376 g/mol. The third-order valence-corrected chi connectivity index (χ3v) is 5.75. The SMILES string of the molecule is Cc1c(C#N)cccc1[C@@H](C)Nc1nnc(C)c2c(C)nc(N3CCOCC3)cc12. The molecule has 7 heteroatoms. The first-order valence-electron chi connectivity index (χ1n) is 10.2. The number of hydrogen-bond donors (Lipinski definition) is 1. The number of nitrogens with zero attached hydrogens (tertiary/aromatic N) is 5. The van der Waals surface area contributed by atoms with Crippen molar-refractivity contribution in [3.8, 4) is 6.07 Å². The van der Waals surface area contributed by atoms with E-state index in [2.05, 4.69) is 39.5 Å². The summed E-state index contributed by atoms with van der Waals surface area (Å²) in [5.41, 5.74) is 4.56. The van der Waals surface area contributed by atoms with Gasteiger partial charge in [-0.25, -0.2) is 4.98 Å². The first-order chi connectivity index (χ1) is 14.5. The van der Waals surface area contributed by atoms with Crippen LogP contribution < -0.4 is 10.2 Å². The summed E-state index contributed by atoms with van der Waals surface area (Å²) in [4.78, 5) is 7.09. The molecule has 1 atom stereocenters. The Hall–Kier alpha value is -3.24. The van der Waals surface area contributed by atoms with Gasteiger partial charge in [-0.2, -0.15) is 10.4 Å². The van der Waals surface area contributed by atoms with Crippen LogP contribution >= 0.6 is 0 Å². The molecular formula is C23H26N6O. The highest BCUT2D eigenvalue weighted by atomic mass is 16.5. The monoisotopic (exact) mass is 402 g/mol. The number of hydrogen-bond acceptors (Lipinski definition) is 7. The van der Waals surface area contributed by atoms with Crippen LogP contribution in [-0.4, -0.2) is 41.5 Å². The van der Waals surface area contributed by atoms with E-state index in [1.54, 1.807) is 0 Å². The highest BCUT2D eigenvalue weighted by molar-refractivity contribution is 5.96. The lowest BCUT2D eigenvalue weighted by Gasteiger charge is -2.28. The second-order valence-corrected chi connectivity index (χ2v) is 7.72. The average Bonchev–Trinajstić information content (AvgIpc) is 2.76. The van der Waals surface area contributed by atoms with Crippen LogP contribution in [0.25, 0.3) is 10.8 Å². The number of ether oxygens (including phenoxy) is 1. The largest absolute Gasteiger partial charge is 0.378 e. The van der Waals surface area contributed by atoms with Crippen LogP contribution in [0.1, 0.15) is 41.0 Å². The first kappa shape index (κ1) is 20.0. The number of nitrogens with one attached hydrogen (secondary N) is 1. The maximum absolute atomic E-state index is 9.36. The Morgan fingerprint density at radius 3 is 2.63 bits per heavy atom. The van der Waals surface area contributed by atoms with E-state index >= 15 is 0 Å². The van der Waals surface area contributed by atoms with Gasteiger partial charge in [0.1, 0.15) is 5.82 Å². The highest BCUT2D eigenvalue weighted by Gasteiger charge is 2.19. The highest BCUT2D eigenvalue weighted by Crippen LogP contribution is 2.32. The quantitative estimate of drug-likeness (QED) is 0.709. The number of aryl methyl sites for hydroxylation is 2. The van der Waals surface area contributed by atoms with Gasteiger partial charge in [0.15, 0.2) is 5.82 Å². The zero-order valence-electron chi connectivity index (χ0n) is 17.9. The molecule has 30 heavy (non-hydrogen) atoms. The Morgan fingerprint density at radius 2 is 1.90 bits per heavy atom. The van der Waals surface area contributed by atoms with Crippen molar-refractivity contribution < 1.29 is 4.74 Å². The van der Waals surface area contributed by atoms with E-state index in [-0.39, 0.29) is 6.04 Å². The Kier molecular flexibility index (Phi) is 5.51. The molecule has 0 unspecified atom stereocenters. The van der Waals surface area contributed by atoms with Crippen LogP contribution in [0.3, 0.4) is 0 Å². The molecule has 0 radical (unpaired) electrons. The number of anilines is 2. The number of rotatable bonds is 4. The van der Waals surface area contributed by atoms with Crippen molar-refractivity contribution in [3.05, 3.63) is 52.3 Å². The Balaban J connectivity index is 1.76. The van der Waals surface area contributed by atoms with E-state index in [1.807, 2.05) is 39.0 Å². The lowest BCUT2D eigenvalue weighted by molar-refractivity contribution is 0.122. The van der Waals surface area contributed by atoms with Gasteiger partial charge in [0.25, 0.3) is 0 Å². The van der Waals surface area contributed by atoms with Crippen LogP contribution in [0.4, 0.5) is 11.6 Å². The normalized spacial score (nSPS) is 15.1. The van der Waals surface area contributed by atoms with Gasteiger partial charge >= 0.3 is 0 Å². The summed E-state index contributed by atoms with van der Waals surface area (Å²) in [5.74, 6) is 1.67. The number of fused-ring (bicyclic) bond motifs is 1. The zero-order chi connectivity index (χ0) is 21.3. The topological polar surface area (TPSA) is 87.0 Å². The van der Waals surface area contributed by atoms with Gasteiger partial charge < -0.3 is 15.0 Å². The van der Waals surface area contributed by atoms with Gasteiger partial charge in [-0.15, -0.1) is 5.10 Å². The molecule has 3 aromatic rings. The summed E-state index contributed by atoms with van der Waals surface area (Å²) in [6.45, 7) is 11.1.